The molecule has 0 amide bonds. The van der Waals surface area contributed by atoms with Gasteiger partial charge in [0.2, 0.25) is 0 Å². The molecule has 0 aliphatic carbocycles. The lowest BCUT2D eigenvalue weighted by Crippen LogP contribution is -2.41. The minimum atomic E-state index is -0.356. The predicted octanol–water partition coefficient (Wildman–Crippen LogP) is 10.1. The molecule has 0 spiro atoms. The van der Waals surface area contributed by atoms with E-state index in [9.17, 15) is 0 Å². The quantitative estimate of drug-likeness (QED) is 0.136. The molecule has 4 heteroatoms. The van der Waals surface area contributed by atoms with Gasteiger partial charge in [0.15, 0.2) is 0 Å². The van der Waals surface area contributed by atoms with Gasteiger partial charge < -0.3 is 13.9 Å². The molecule has 1 aliphatic heterocycles. The molecule has 0 N–H and O–H groups in total. The minimum absolute atomic E-state index is 0.354. The Morgan fingerprint density at radius 2 is 1.15 bits per heavy atom. The van der Waals surface area contributed by atoms with Gasteiger partial charge in [-0.15, -0.1) is 0 Å². The van der Waals surface area contributed by atoms with Gasteiger partial charge in [0.1, 0.15) is 0 Å². The zero-order valence-corrected chi connectivity index (χ0v) is 25.9. The molecule has 0 atom stereocenters. The van der Waals surface area contributed by atoms with Crippen LogP contribution in [0, 0.1) is 0 Å². The Morgan fingerprint density at radius 3 is 1.74 bits per heavy atom. The molecule has 0 unspecified atom stereocenters. The second-order valence-corrected chi connectivity index (χ2v) is 13.0. The van der Waals surface area contributed by atoms with E-state index in [0.717, 1.165) is 0 Å². The molecule has 1 aromatic heterocycles. The molecule has 1 fully saturated rings. The van der Waals surface area contributed by atoms with Crippen LogP contribution in [0.4, 0.5) is 0 Å². The number of unbranched alkanes of at least 4 members (excludes halogenated alkanes) is 10. The van der Waals surface area contributed by atoms with Crippen LogP contribution in [0.3, 0.4) is 0 Å². The van der Waals surface area contributed by atoms with Crippen molar-refractivity contribution in [2.75, 3.05) is 0 Å². The fourth-order valence-electron chi connectivity index (χ4n) is 6.34. The number of aromatic nitrogens is 1. The molecular weight excluding hydrogens is 477 g/mol. The third-order valence-electron chi connectivity index (χ3n) is 9.42. The van der Waals surface area contributed by atoms with Crippen molar-refractivity contribution in [2.45, 2.75) is 149 Å². The molecule has 0 radical (unpaired) electrons. The van der Waals surface area contributed by atoms with Gasteiger partial charge >= 0.3 is 7.12 Å². The van der Waals surface area contributed by atoms with Gasteiger partial charge in [0, 0.05) is 33.3 Å². The van der Waals surface area contributed by atoms with E-state index in [1.807, 2.05) is 0 Å². The first kappa shape index (κ1) is 30.2. The van der Waals surface area contributed by atoms with Crippen molar-refractivity contribution in [1.29, 1.82) is 0 Å². The highest BCUT2D eigenvalue weighted by molar-refractivity contribution is 6.65. The van der Waals surface area contributed by atoms with E-state index in [-0.39, 0.29) is 18.3 Å². The van der Waals surface area contributed by atoms with Crippen molar-refractivity contribution < 1.29 is 9.31 Å². The lowest BCUT2D eigenvalue weighted by atomic mass is 9.77. The Hall–Kier alpha value is -1.78. The van der Waals surface area contributed by atoms with Crippen LogP contribution in [-0.4, -0.2) is 22.9 Å². The molecule has 3 nitrogen and oxygen atoms in total. The van der Waals surface area contributed by atoms with Gasteiger partial charge in [-0.2, -0.15) is 0 Å². The number of para-hydroxylation sites is 2. The highest BCUT2D eigenvalue weighted by Crippen LogP contribution is 2.39. The summed E-state index contributed by atoms with van der Waals surface area (Å²) < 4.78 is 15.9. The monoisotopic (exact) mass is 531 g/mol. The molecule has 214 valence electrons. The molecule has 39 heavy (non-hydrogen) atoms. The van der Waals surface area contributed by atoms with Gasteiger partial charge in [0.25, 0.3) is 0 Å². The maximum atomic E-state index is 6.63. The third kappa shape index (κ3) is 6.93. The van der Waals surface area contributed by atoms with E-state index < -0.39 is 0 Å². The van der Waals surface area contributed by atoms with E-state index in [2.05, 4.69) is 88.6 Å². The van der Waals surface area contributed by atoms with Crippen molar-refractivity contribution in [3.8, 4) is 0 Å². The molecule has 0 saturated carbocycles. The summed E-state index contributed by atoms with van der Waals surface area (Å²) in [5.41, 5.74) is 3.15. The summed E-state index contributed by atoms with van der Waals surface area (Å²) in [6.45, 7) is 13.2. The lowest BCUT2D eigenvalue weighted by Gasteiger charge is -2.32. The minimum Gasteiger partial charge on any atom is -0.399 e. The Morgan fingerprint density at radius 1 is 0.641 bits per heavy atom. The summed E-state index contributed by atoms with van der Waals surface area (Å²) in [5.74, 6) is 0. The average molecular weight is 532 g/mol. The number of hydrogen-bond donors (Lipinski definition) is 0. The molecular formula is C35H54BNO2. The summed E-state index contributed by atoms with van der Waals surface area (Å²) >= 11 is 0. The smallest absolute Gasteiger partial charge is 0.399 e. The third-order valence-corrected chi connectivity index (χ3v) is 9.42. The van der Waals surface area contributed by atoms with Crippen LogP contribution in [0.25, 0.3) is 21.8 Å². The fraction of sp³-hybridized carbons (Fsp3) is 0.657. The maximum Gasteiger partial charge on any atom is 0.497 e. The van der Waals surface area contributed by atoms with Crippen LogP contribution in [0.15, 0.2) is 42.5 Å². The van der Waals surface area contributed by atoms with Gasteiger partial charge in [0.05, 0.1) is 11.2 Å². The number of hydrogen-bond acceptors (Lipinski definition) is 2. The molecule has 4 rings (SSSR count). The number of nitrogens with zero attached hydrogens (tertiary/aromatic N) is 1. The highest BCUT2D eigenvalue weighted by atomic mass is 16.7. The van der Waals surface area contributed by atoms with Crippen molar-refractivity contribution in [1.82, 2.24) is 4.57 Å². The fourth-order valence-corrected chi connectivity index (χ4v) is 6.34. The van der Waals surface area contributed by atoms with E-state index >= 15 is 0 Å². The van der Waals surface area contributed by atoms with Crippen LogP contribution in [-0.2, 0) is 9.31 Å². The molecule has 1 aliphatic rings. The number of benzene rings is 2. The van der Waals surface area contributed by atoms with E-state index in [1.54, 1.807) is 0 Å². The highest BCUT2D eigenvalue weighted by Gasteiger charge is 2.52. The van der Waals surface area contributed by atoms with E-state index in [1.165, 1.54) is 117 Å². The topological polar surface area (TPSA) is 23.4 Å². The standard InChI is InChI=1S/C35H54BNO2/c1-7-9-11-13-15-17-22-28(23-18-16-14-12-10-8-2)37-32-27-20-19-24-29(32)30-25-21-26-31(33(30)37)36-38-34(3,4)35(5,6)39-36/h19-21,24-28H,7-18,22-23H2,1-6H3. The Balaban J connectivity index is 1.70. The zero-order valence-electron chi connectivity index (χ0n) is 25.9. The van der Waals surface area contributed by atoms with Crippen LogP contribution in [0.2, 0.25) is 0 Å². The summed E-state index contributed by atoms with van der Waals surface area (Å²) in [6, 6.07) is 16.3. The Bertz CT molecular complexity index is 1150. The van der Waals surface area contributed by atoms with Crippen molar-refractivity contribution in [3.05, 3.63) is 42.5 Å². The molecule has 1 saturated heterocycles. The lowest BCUT2D eigenvalue weighted by molar-refractivity contribution is 0.00578. The van der Waals surface area contributed by atoms with Gasteiger partial charge in [-0.05, 0) is 46.6 Å². The normalized spacial score (nSPS) is 16.7. The predicted molar refractivity (Wildman–Crippen MR) is 170 cm³/mol. The maximum absolute atomic E-state index is 6.63. The van der Waals surface area contributed by atoms with Crippen LogP contribution in [0.1, 0.15) is 137 Å². The summed E-state index contributed by atoms with van der Waals surface area (Å²) in [7, 11) is -0.356. The van der Waals surface area contributed by atoms with Gasteiger partial charge in [-0.25, -0.2) is 0 Å². The van der Waals surface area contributed by atoms with Gasteiger partial charge in [-0.3, -0.25) is 0 Å². The second-order valence-electron chi connectivity index (χ2n) is 13.0. The first-order valence-electron chi connectivity index (χ1n) is 16.2. The molecule has 0 bridgehead atoms. The SMILES string of the molecule is CCCCCCCCC(CCCCCCCC)n1c2ccccc2c2cccc(B3OC(C)(C)C(C)(C)O3)c21. The molecule has 3 aromatic rings. The first-order valence-corrected chi connectivity index (χ1v) is 16.2. The van der Waals surface area contributed by atoms with Crippen LogP contribution in [0.5, 0.6) is 0 Å². The van der Waals surface area contributed by atoms with E-state index in [4.69, 9.17) is 9.31 Å². The van der Waals surface area contributed by atoms with Gasteiger partial charge in [-0.1, -0.05) is 127 Å². The average Bonchev–Trinajstić information content (AvgIpc) is 3.36. The number of rotatable bonds is 16. The molecule has 2 aromatic carbocycles. The molecule has 2 heterocycles. The van der Waals surface area contributed by atoms with E-state index in [0.29, 0.717) is 6.04 Å². The van der Waals surface area contributed by atoms with Crippen LogP contribution >= 0.6 is 0 Å². The zero-order chi connectivity index (χ0) is 27.9. The Kier molecular flexibility index (Phi) is 10.6. The largest absolute Gasteiger partial charge is 0.497 e. The van der Waals surface area contributed by atoms with Crippen molar-refractivity contribution in [2.24, 2.45) is 0 Å². The Labute approximate surface area is 239 Å². The van der Waals surface area contributed by atoms with Crippen molar-refractivity contribution in [3.63, 3.8) is 0 Å². The second kappa shape index (κ2) is 13.7. The van der Waals surface area contributed by atoms with Crippen molar-refractivity contribution >= 4 is 34.4 Å². The number of fused-ring (bicyclic) bond motifs is 3. The summed E-state index contributed by atoms with van der Waals surface area (Å²) in [4.78, 5) is 0. The van der Waals surface area contributed by atoms with Crippen LogP contribution < -0.4 is 5.46 Å². The summed E-state index contributed by atoms with van der Waals surface area (Å²) in [6.07, 6.45) is 18.6. The first-order chi connectivity index (χ1) is 18.8. The summed E-state index contributed by atoms with van der Waals surface area (Å²) in [5, 5.41) is 2.68.